The Morgan fingerprint density at radius 2 is 1.08 bits per heavy atom. The minimum Gasteiger partial charge on any atom is -0.325 e. The second-order valence-electron chi connectivity index (χ2n) is 6.57. The van der Waals surface area contributed by atoms with Gasteiger partial charge in [0.1, 0.15) is 0 Å². The van der Waals surface area contributed by atoms with Crippen LogP contribution in [0.3, 0.4) is 0 Å². The molecule has 0 aliphatic rings. The van der Waals surface area contributed by atoms with Crippen molar-refractivity contribution < 1.29 is 18.5 Å². The second kappa shape index (κ2) is 16.5. The molecular weight excluding hydrogens is 325 g/mol. The normalized spacial score (nSPS) is 12.0. The SMILES string of the molecule is CCCCCC(N)(CCCCC)CCCCC.COP(=O)(O)OC. The average Bonchev–Trinajstić information content (AvgIpc) is 2.56. The molecule has 3 N–H and O–H groups in total. The van der Waals surface area contributed by atoms with Crippen molar-refractivity contribution in [1.29, 1.82) is 0 Å². The van der Waals surface area contributed by atoms with Gasteiger partial charge in [0.15, 0.2) is 0 Å². The van der Waals surface area contributed by atoms with E-state index in [-0.39, 0.29) is 5.54 Å². The first-order valence-electron chi connectivity index (χ1n) is 9.53. The first-order chi connectivity index (χ1) is 11.3. The van der Waals surface area contributed by atoms with Gasteiger partial charge in [-0.2, -0.15) is 0 Å². The summed E-state index contributed by atoms with van der Waals surface area (Å²) in [5, 5.41) is 0. The summed E-state index contributed by atoms with van der Waals surface area (Å²) < 4.78 is 18.0. The van der Waals surface area contributed by atoms with Gasteiger partial charge in [0, 0.05) is 19.8 Å². The summed E-state index contributed by atoms with van der Waals surface area (Å²) in [7, 11) is -1.45. The minimum absolute atomic E-state index is 0.152. The van der Waals surface area contributed by atoms with Gasteiger partial charge in [0.25, 0.3) is 0 Å². The van der Waals surface area contributed by atoms with Gasteiger partial charge in [0.2, 0.25) is 0 Å². The standard InChI is InChI=1S/C16H35N.C2H7O4P/c1-4-7-10-13-16(17,14-11-8-5-2)15-12-9-6-3;1-5-7(3,4)6-2/h4-15,17H2,1-3H3;1-2H3,(H,3,4). The van der Waals surface area contributed by atoms with Crippen LogP contribution in [0.4, 0.5) is 0 Å². The van der Waals surface area contributed by atoms with Crippen molar-refractivity contribution in [3.63, 3.8) is 0 Å². The van der Waals surface area contributed by atoms with E-state index in [1.807, 2.05) is 0 Å². The fourth-order valence-electron chi connectivity index (χ4n) is 2.63. The lowest BCUT2D eigenvalue weighted by Crippen LogP contribution is -2.39. The molecule has 0 aromatic rings. The Morgan fingerprint density at radius 1 is 0.792 bits per heavy atom. The minimum atomic E-state index is -3.65. The number of phosphoric ester groups is 1. The van der Waals surface area contributed by atoms with Crippen LogP contribution in [0.15, 0.2) is 0 Å². The van der Waals surface area contributed by atoms with Crippen molar-refractivity contribution in [2.45, 2.75) is 103 Å². The Hall–Kier alpha value is 0.0700. The van der Waals surface area contributed by atoms with Gasteiger partial charge in [-0.15, -0.1) is 0 Å². The Labute approximate surface area is 150 Å². The lowest BCUT2D eigenvalue weighted by Gasteiger charge is -2.30. The summed E-state index contributed by atoms with van der Waals surface area (Å²) in [4.78, 5) is 8.24. The van der Waals surface area contributed by atoms with Crippen molar-refractivity contribution in [2.75, 3.05) is 14.2 Å². The topological polar surface area (TPSA) is 81.8 Å². The third-order valence-corrected chi connectivity index (χ3v) is 5.22. The van der Waals surface area contributed by atoms with Crippen LogP contribution in [-0.2, 0) is 13.6 Å². The molecule has 148 valence electrons. The molecule has 0 unspecified atom stereocenters. The van der Waals surface area contributed by atoms with E-state index < -0.39 is 7.82 Å². The fourth-order valence-corrected chi connectivity index (χ4v) is 2.78. The van der Waals surface area contributed by atoms with E-state index >= 15 is 0 Å². The lowest BCUT2D eigenvalue weighted by molar-refractivity contribution is 0.204. The molecule has 0 spiro atoms. The molecule has 6 heteroatoms. The summed E-state index contributed by atoms with van der Waals surface area (Å²) in [6.07, 6.45) is 15.7. The van der Waals surface area contributed by atoms with Crippen molar-refractivity contribution in [2.24, 2.45) is 5.73 Å². The summed E-state index contributed by atoms with van der Waals surface area (Å²) in [6, 6.07) is 0. The monoisotopic (exact) mass is 367 g/mol. The molecule has 0 aliphatic heterocycles. The number of phosphoric acid groups is 1. The molecule has 0 rings (SSSR count). The van der Waals surface area contributed by atoms with Crippen LogP contribution in [0.5, 0.6) is 0 Å². The van der Waals surface area contributed by atoms with Crippen LogP contribution >= 0.6 is 7.82 Å². The highest BCUT2D eigenvalue weighted by Gasteiger charge is 2.22. The maximum absolute atomic E-state index is 10.1. The predicted octanol–water partition coefficient (Wildman–Crippen LogP) is 5.80. The van der Waals surface area contributed by atoms with Gasteiger partial charge in [-0.05, 0) is 19.3 Å². The zero-order valence-electron chi connectivity index (χ0n) is 16.7. The van der Waals surface area contributed by atoms with Crippen LogP contribution in [-0.4, -0.2) is 24.7 Å². The zero-order chi connectivity index (χ0) is 18.9. The summed E-state index contributed by atoms with van der Waals surface area (Å²) in [6.45, 7) is 6.81. The summed E-state index contributed by atoms with van der Waals surface area (Å²) in [5.74, 6) is 0. The Kier molecular flexibility index (Phi) is 18.1. The molecule has 0 aromatic heterocycles. The van der Waals surface area contributed by atoms with Gasteiger partial charge in [-0.1, -0.05) is 78.6 Å². The van der Waals surface area contributed by atoms with Crippen molar-refractivity contribution in [3.05, 3.63) is 0 Å². The van der Waals surface area contributed by atoms with Gasteiger partial charge < -0.3 is 10.6 Å². The molecule has 0 aromatic carbocycles. The molecule has 0 atom stereocenters. The number of unbranched alkanes of at least 4 members (excludes halogenated alkanes) is 6. The van der Waals surface area contributed by atoms with E-state index in [9.17, 15) is 4.57 Å². The molecule has 5 nitrogen and oxygen atoms in total. The van der Waals surface area contributed by atoms with Crippen LogP contribution < -0.4 is 5.73 Å². The molecule has 0 fully saturated rings. The average molecular weight is 368 g/mol. The number of hydrogen-bond acceptors (Lipinski definition) is 4. The maximum Gasteiger partial charge on any atom is 0.471 e. The zero-order valence-corrected chi connectivity index (χ0v) is 17.6. The first kappa shape index (κ1) is 26.3. The molecule has 0 saturated heterocycles. The molecule has 0 amide bonds. The molecule has 0 heterocycles. The number of nitrogens with two attached hydrogens (primary N) is 1. The molecule has 24 heavy (non-hydrogen) atoms. The van der Waals surface area contributed by atoms with Crippen molar-refractivity contribution in [3.8, 4) is 0 Å². The fraction of sp³-hybridized carbons (Fsp3) is 1.00. The number of hydrogen-bond donors (Lipinski definition) is 2. The van der Waals surface area contributed by atoms with E-state index in [0.717, 1.165) is 14.2 Å². The highest BCUT2D eigenvalue weighted by molar-refractivity contribution is 7.47. The third-order valence-electron chi connectivity index (χ3n) is 4.30. The van der Waals surface area contributed by atoms with E-state index in [2.05, 4.69) is 29.8 Å². The predicted molar refractivity (Wildman–Crippen MR) is 103 cm³/mol. The maximum atomic E-state index is 10.1. The first-order valence-corrected chi connectivity index (χ1v) is 11.0. The van der Waals surface area contributed by atoms with Gasteiger partial charge >= 0.3 is 7.82 Å². The Balaban J connectivity index is 0. The molecule has 0 saturated carbocycles. The van der Waals surface area contributed by atoms with E-state index in [4.69, 9.17) is 10.6 Å². The lowest BCUT2D eigenvalue weighted by atomic mass is 9.83. The summed E-state index contributed by atoms with van der Waals surface area (Å²) in [5.41, 5.74) is 6.77. The van der Waals surface area contributed by atoms with E-state index in [0.29, 0.717) is 0 Å². The highest BCUT2D eigenvalue weighted by Crippen LogP contribution is 2.40. The van der Waals surface area contributed by atoms with Crippen LogP contribution in [0, 0.1) is 0 Å². The van der Waals surface area contributed by atoms with E-state index in [1.165, 1.54) is 77.0 Å². The van der Waals surface area contributed by atoms with Gasteiger partial charge in [-0.3, -0.25) is 9.05 Å². The molecule has 0 bridgehead atoms. The smallest absolute Gasteiger partial charge is 0.325 e. The highest BCUT2D eigenvalue weighted by atomic mass is 31.2. The third kappa shape index (κ3) is 16.9. The molecule has 0 radical (unpaired) electrons. The number of rotatable bonds is 14. The van der Waals surface area contributed by atoms with Crippen LogP contribution in [0.1, 0.15) is 97.8 Å². The van der Waals surface area contributed by atoms with Crippen LogP contribution in [0.2, 0.25) is 0 Å². The van der Waals surface area contributed by atoms with Crippen molar-refractivity contribution >= 4 is 7.82 Å². The van der Waals surface area contributed by atoms with Crippen LogP contribution in [0.25, 0.3) is 0 Å². The quantitative estimate of drug-likeness (QED) is 0.299. The van der Waals surface area contributed by atoms with Gasteiger partial charge in [0.05, 0.1) is 0 Å². The Bertz CT molecular complexity index is 279. The molecule has 0 aliphatic carbocycles. The second-order valence-corrected chi connectivity index (χ2v) is 8.23. The Morgan fingerprint density at radius 3 is 1.25 bits per heavy atom. The van der Waals surface area contributed by atoms with Gasteiger partial charge in [-0.25, -0.2) is 4.57 Å². The van der Waals surface area contributed by atoms with E-state index in [1.54, 1.807) is 0 Å². The van der Waals surface area contributed by atoms with Crippen molar-refractivity contribution in [1.82, 2.24) is 0 Å². The molecular formula is C18H42NO4P. The largest absolute Gasteiger partial charge is 0.471 e. The summed E-state index contributed by atoms with van der Waals surface area (Å²) >= 11 is 0.